The Kier molecular flexibility index (Phi) is 5.99. The highest BCUT2D eigenvalue weighted by Gasteiger charge is 1.98. The summed E-state index contributed by atoms with van der Waals surface area (Å²) in [6, 6.07) is 0. The van der Waals surface area contributed by atoms with Crippen LogP contribution in [0.4, 0.5) is 0 Å². The fourth-order valence-electron chi connectivity index (χ4n) is 0.380. The predicted molar refractivity (Wildman–Crippen MR) is 36.6 cm³/mol. The van der Waals surface area contributed by atoms with Gasteiger partial charge in [-0.2, -0.15) is 0 Å². The molecule has 0 bridgehead atoms. The van der Waals surface area contributed by atoms with Gasteiger partial charge in [0.15, 0.2) is 11.8 Å². The first kappa shape index (κ1) is 8.92. The number of carbonyl (C=O) groups excluding carboxylic acids is 1. The van der Waals surface area contributed by atoms with Gasteiger partial charge in [-0.1, -0.05) is 24.9 Å². The molecule has 0 aromatic heterocycles. The maximum Gasteiger partial charge on any atom is 0.186 e. The maximum atomic E-state index is 9.84. The molecule has 3 heteroatoms. The van der Waals surface area contributed by atoms with Gasteiger partial charge >= 0.3 is 0 Å². The van der Waals surface area contributed by atoms with Crippen molar-refractivity contribution in [2.24, 2.45) is 0 Å². The Bertz CT molecular complexity index is 75.5. The molecule has 1 atom stereocenters. The van der Waals surface area contributed by atoms with Crippen molar-refractivity contribution in [2.45, 2.75) is 25.3 Å². The van der Waals surface area contributed by atoms with Crippen molar-refractivity contribution in [1.82, 2.24) is 0 Å². The summed E-state index contributed by atoms with van der Waals surface area (Å²) in [5.74, 6) is 0. The number of hydrogen-bond donors (Lipinski definition) is 0. The molecule has 0 aliphatic carbocycles. The van der Waals surface area contributed by atoms with E-state index < -0.39 is 5.56 Å². The van der Waals surface area contributed by atoms with Crippen molar-refractivity contribution in [3.63, 3.8) is 0 Å². The van der Waals surface area contributed by atoms with E-state index in [0.717, 1.165) is 12.8 Å². The van der Waals surface area contributed by atoms with Crippen LogP contribution in [0.2, 0.25) is 0 Å². The first-order chi connectivity index (χ1) is 4.31. The molecule has 0 saturated heterocycles. The summed E-state index contributed by atoms with van der Waals surface area (Å²) in [7, 11) is 0. The number of unbranched alkanes of at least 4 members (excludes halogenated alkanes) is 1. The lowest BCUT2D eigenvalue weighted by Gasteiger charge is -2.01. The van der Waals surface area contributed by atoms with E-state index in [0.29, 0.717) is 12.9 Å². The first-order valence-electron chi connectivity index (χ1n) is 3.02. The number of halogens is 1. The van der Waals surface area contributed by atoms with Gasteiger partial charge < -0.3 is 4.74 Å². The van der Waals surface area contributed by atoms with Crippen LogP contribution in [-0.4, -0.2) is 18.5 Å². The third kappa shape index (κ3) is 5.80. The smallest absolute Gasteiger partial charge is 0.186 e. The zero-order valence-electron chi connectivity index (χ0n) is 5.47. The van der Waals surface area contributed by atoms with Crippen molar-refractivity contribution in [2.75, 3.05) is 6.61 Å². The maximum absolute atomic E-state index is 9.84. The molecule has 54 valence electrons. The Morgan fingerprint density at radius 2 is 2.44 bits per heavy atom. The van der Waals surface area contributed by atoms with E-state index in [1.54, 1.807) is 0 Å². The van der Waals surface area contributed by atoms with Crippen molar-refractivity contribution >= 4 is 17.9 Å². The molecule has 0 fully saturated rings. The van der Waals surface area contributed by atoms with Crippen LogP contribution in [0, 0.1) is 0 Å². The Hall–Kier alpha value is -0.0800. The van der Waals surface area contributed by atoms with Crippen LogP contribution < -0.4 is 0 Å². The van der Waals surface area contributed by atoms with Crippen molar-refractivity contribution in [3.8, 4) is 0 Å². The summed E-state index contributed by atoms with van der Waals surface area (Å²) < 4.78 is 4.83. The second-order valence-electron chi connectivity index (χ2n) is 1.71. The minimum atomic E-state index is -0.753. The van der Waals surface area contributed by atoms with Crippen LogP contribution in [0.3, 0.4) is 0 Å². The Labute approximate surface area is 60.1 Å². The SMILES string of the molecule is CCCCOC(Cl)C=O. The summed E-state index contributed by atoms with van der Waals surface area (Å²) in [6.45, 7) is 2.62. The standard InChI is InChI=1S/C6H11ClO2/c1-2-3-4-9-6(7)5-8/h5-6H,2-4H2,1H3. The van der Waals surface area contributed by atoms with Crippen LogP contribution >= 0.6 is 11.6 Å². The molecule has 2 nitrogen and oxygen atoms in total. The van der Waals surface area contributed by atoms with Crippen molar-refractivity contribution in [1.29, 1.82) is 0 Å². The molecule has 0 amide bonds. The number of aldehydes is 1. The van der Waals surface area contributed by atoms with E-state index in [1.165, 1.54) is 0 Å². The third-order valence-corrected chi connectivity index (χ3v) is 1.11. The molecule has 0 radical (unpaired) electrons. The number of ether oxygens (including phenoxy) is 1. The fourth-order valence-corrected chi connectivity index (χ4v) is 0.469. The molecule has 0 spiro atoms. The lowest BCUT2D eigenvalue weighted by Crippen LogP contribution is -2.06. The topological polar surface area (TPSA) is 26.3 Å². The molecule has 0 N–H and O–H groups in total. The minimum absolute atomic E-state index is 0.573. The van der Waals surface area contributed by atoms with Crippen molar-refractivity contribution in [3.05, 3.63) is 0 Å². The molecular formula is C6H11ClO2. The largest absolute Gasteiger partial charge is 0.355 e. The summed E-state index contributed by atoms with van der Waals surface area (Å²) in [5.41, 5.74) is -0.753. The van der Waals surface area contributed by atoms with E-state index in [9.17, 15) is 4.79 Å². The number of hydrogen-bond acceptors (Lipinski definition) is 2. The molecule has 0 rings (SSSR count). The van der Waals surface area contributed by atoms with Crippen LogP contribution in [0.15, 0.2) is 0 Å². The monoisotopic (exact) mass is 150 g/mol. The predicted octanol–water partition coefficient (Wildman–Crippen LogP) is 1.57. The summed E-state index contributed by atoms with van der Waals surface area (Å²) in [4.78, 5) is 9.84. The van der Waals surface area contributed by atoms with Crippen LogP contribution in [0.1, 0.15) is 19.8 Å². The second kappa shape index (κ2) is 6.05. The molecule has 1 unspecified atom stereocenters. The van der Waals surface area contributed by atoms with Gasteiger partial charge in [0.25, 0.3) is 0 Å². The summed E-state index contributed by atoms with van der Waals surface area (Å²) >= 11 is 5.31. The zero-order chi connectivity index (χ0) is 7.11. The molecule has 0 aromatic rings. The highest BCUT2D eigenvalue weighted by molar-refractivity contribution is 6.26. The second-order valence-corrected chi connectivity index (χ2v) is 2.14. The number of carbonyl (C=O) groups is 1. The molecule has 0 heterocycles. The molecule has 0 aliphatic rings. The molecular weight excluding hydrogens is 140 g/mol. The van der Waals surface area contributed by atoms with E-state index in [2.05, 4.69) is 0 Å². The normalized spacial score (nSPS) is 13.1. The highest BCUT2D eigenvalue weighted by Crippen LogP contribution is 1.96. The molecule has 0 aliphatic heterocycles. The minimum Gasteiger partial charge on any atom is -0.355 e. The van der Waals surface area contributed by atoms with Crippen LogP contribution in [-0.2, 0) is 9.53 Å². The van der Waals surface area contributed by atoms with Crippen LogP contribution in [0.25, 0.3) is 0 Å². The highest BCUT2D eigenvalue weighted by atomic mass is 35.5. The Balaban J connectivity index is 2.96. The third-order valence-electron chi connectivity index (χ3n) is 0.882. The first-order valence-corrected chi connectivity index (χ1v) is 3.46. The average Bonchev–Trinajstić information content (AvgIpc) is 1.89. The van der Waals surface area contributed by atoms with Gasteiger partial charge in [-0.05, 0) is 6.42 Å². The quantitative estimate of drug-likeness (QED) is 0.338. The van der Waals surface area contributed by atoms with Gasteiger partial charge in [0.2, 0.25) is 0 Å². The van der Waals surface area contributed by atoms with Gasteiger partial charge in [-0.15, -0.1) is 0 Å². The van der Waals surface area contributed by atoms with Gasteiger partial charge in [-0.3, -0.25) is 4.79 Å². The number of alkyl halides is 1. The average molecular weight is 151 g/mol. The van der Waals surface area contributed by atoms with E-state index in [4.69, 9.17) is 16.3 Å². The van der Waals surface area contributed by atoms with E-state index in [-0.39, 0.29) is 0 Å². The van der Waals surface area contributed by atoms with Gasteiger partial charge in [0.1, 0.15) is 0 Å². The van der Waals surface area contributed by atoms with Gasteiger partial charge in [-0.25, -0.2) is 0 Å². The molecule has 0 aromatic carbocycles. The summed E-state index contributed by atoms with van der Waals surface area (Å²) in [6.07, 6.45) is 2.59. The molecule has 9 heavy (non-hydrogen) atoms. The fraction of sp³-hybridized carbons (Fsp3) is 0.833. The Morgan fingerprint density at radius 1 is 1.78 bits per heavy atom. The van der Waals surface area contributed by atoms with Crippen molar-refractivity contribution < 1.29 is 9.53 Å². The Morgan fingerprint density at radius 3 is 2.89 bits per heavy atom. The summed E-state index contributed by atoms with van der Waals surface area (Å²) in [5, 5.41) is 0. The van der Waals surface area contributed by atoms with Gasteiger partial charge in [0, 0.05) is 6.61 Å². The van der Waals surface area contributed by atoms with Crippen LogP contribution in [0.5, 0.6) is 0 Å². The van der Waals surface area contributed by atoms with E-state index in [1.807, 2.05) is 6.92 Å². The number of rotatable bonds is 5. The van der Waals surface area contributed by atoms with E-state index >= 15 is 0 Å². The lowest BCUT2D eigenvalue weighted by molar-refractivity contribution is -0.113. The molecule has 0 saturated carbocycles. The zero-order valence-corrected chi connectivity index (χ0v) is 6.23. The van der Waals surface area contributed by atoms with Gasteiger partial charge in [0.05, 0.1) is 0 Å². The lowest BCUT2D eigenvalue weighted by atomic mass is 10.4.